The minimum Gasteiger partial charge on any atom is -0.339 e. The van der Waals surface area contributed by atoms with Gasteiger partial charge in [-0.05, 0) is 91.6 Å². The molecule has 0 N–H and O–H groups in total. The van der Waals surface area contributed by atoms with Crippen LogP contribution in [0.2, 0.25) is 0 Å². The Hall–Kier alpha value is -4.09. The predicted octanol–water partition coefficient (Wildman–Crippen LogP) is 8.08. The van der Waals surface area contributed by atoms with E-state index >= 15 is 0 Å². The van der Waals surface area contributed by atoms with Crippen LogP contribution in [0, 0.1) is 19.8 Å². The molecule has 0 spiro atoms. The summed E-state index contributed by atoms with van der Waals surface area (Å²) in [6, 6.07) is 32.8. The summed E-state index contributed by atoms with van der Waals surface area (Å²) in [5.74, 6) is 0.706. The molecule has 6 rings (SSSR count). The molecule has 0 atom stereocenters. The first-order chi connectivity index (χ1) is 20.4. The summed E-state index contributed by atoms with van der Waals surface area (Å²) in [6.07, 6.45) is 5.09. The predicted molar refractivity (Wildman–Crippen MR) is 173 cm³/mol. The van der Waals surface area contributed by atoms with Crippen LogP contribution in [0.4, 0.5) is 5.69 Å². The third-order valence-corrected chi connectivity index (χ3v) is 9.47. The third kappa shape index (κ3) is 6.22. The zero-order chi connectivity index (χ0) is 29.1. The second-order valence-electron chi connectivity index (χ2n) is 11.4. The van der Waals surface area contributed by atoms with Gasteiger partial charge < -0.3 is 9.80 Å². The second-order valence-corrected chi connectivity index (χ2v) is 12.5. The number of anilines is 1. The highest BCUT2D eigenvalue weighted by Gasteiger charge is 2.29. The van der Waals surface area contributed by atoms with Crippen molar-refractivity contribution in [3.8, 4) is 0 Å². The quantitative estimate of drug-likeness (QED) is 0.219. The van der Waals surface area contributed by atoms with E-state index in [2.05, 4.69) is 68.4 Å². The van der Waals surface area contributed by atoms with Gasteiger partial charge in [0.2, 0.25) is 0 Å². The monoisotopic (exact) mass is 572 g/mol. The number of amides is 2. The SMILES string of the molecule is Cc1ccc(C)c(CN2C(=O)C(=Cc3ccc(C(=O)N4CCC(Cc5ccccc5)CC4)cc3)Sc3ccccc32)c1. The van der Waals surface area contributed by atoms with Gasteiger partial charge >= 0.3 is 0 Å². The van der Waals surface area contributed by atoms with Crippen molar-refractivity contribution in [1.82, 2.24) is 4.90 Å². The number of piperidine rings is 1. The van der Waals surface area contributed by atoms with Crippen molar-refractivity contribution in [3.05, 3.63) is 135 Å². The van der Waals surface area contributed by atoms with Crippen molar-refractivity contribution in [1.29, 1.82) is 0 Å². The Morgan fingerprint density at radius 2 is 1.60 bits per heavy atom. The van der Waals surface area contributed by atoms with Gasteiger partial charge in [-0.15, -0.1) is 0 Å². The molecule has 42 heavy (non-hydrogen) atoms. The number of hydrogen-bond acceptors (Lipinski definition) is 3. The Morgan fingerprint density at radius 3 is 2.36 bits per heavy atom. The minimum absolute atomic E-state index is 0.00173. The summed E-state index contributed by atoms with van der Waals surface area (Å²) in [4.78, 5) is 32.7. The maximum atomic E-state index is 13.8. The zero-order valence-electron chi connectivity index (χ0n) is 24.3. The summed E-state index contributed by atoms with van der Waals surface area (Å²) in [6.45, 7) is 6.29. The molecule has 0 aliphatic carbocycles. The van der Waals surface area contributed by atoms with Gasteiger partial charge in [-0.1, -0.05) is 90.1 Å². The smallest absolute Gasteiger partial charge is 0.265 e. The number of carbonyl (C=O) groups excluding carboxylic acids is 2. The minimum atomic E-state index is -0.00173. The van der Waals surface area contributed by atoms with Gasteiger partial charge in [0.1, 0.15) is 0 Å². The highest BCUT2D eigenvalue weighted by atomic mass is 32.2. The lowest BCUT2D eigenvalue weighted by Gasteiger charge is -2.32. The van der Waals surface area contributed by atoms with Crippen LogP contribution in [0.15, 0.2) is 107 Å². The van der Waals surface area contributed by atoms with E-state index in [1.807, 2.05) is 58.3 Å². The number of para-hydroxylation sites is 1. The Kier molecular flexibility index (Phi) is 8.29. The maximum Gasteiger partial charge on any atom is 0.265 e. The molecule has 0 saturated carbocycles. The molecule has 4 aromatic carbocycles. The molecular weight excluding hydrogens is 536 g/mol. The fraction of sp³-hybridized carbons (Fsp3) is 0.243. The molecule has 0 radical (unpaired) electrons. The highest BCUT2D eigenvalue weighted by molar-refractivity contribution is 8.04. The molecule has 5 heteroatoms. The normalized spacial score (nSPS) is 16.5. The third-order valence-electron chi connectivity index (χ3n) is 8.39. The lowest BCUT2D eigenvalue weighted by atomic mass is 9.90. The highest BCUT2D eigenvalue weighted by Crippen LogP contribution is 2.42. The molecule has 0 unspecified atom stereocenters. The molecule has 1 fully saturated rings. The van der Waals surface area contributed by atoms with E-state index in [0.717, 1.165) is 54.1 Å². The van der Waals surface area contributed by atoms with Crippen molar-refractivity contribution >= 4 is 35.3 Å². The fourth-order valence-corrected chi connectivity index (χ4v) is 6.96. The lowest BCUT2D eigenvalue weighted by Crippen LogP contribution is -2.38. The van der Waals surface area contributed by atoms with E-state index in [1.54, 1.807) is 0 Å². The number of hydrogen-bond donors (Lipinski definition) is 0. The van der Waals surface area contributed by atoms with Crippen molar-refractivity contribution < 1.29 is 9.59 Å². The first-order valence-corrected chi connectivity index (χ1v) is 15.6. The Balaban J connectivity index is 1.15. The average molecular weight is 573 g/mol. The summed E-state index contributed by atoms with van der Waals surface area (Å²) in [5.41, 5.74) is 7.44. The molecule has 212 valence electrons. The summed E-state index contributed by atoms with van der Waals surface area (Å²) >= 11 is 1.51. The first kappa shape index (κ1) is 28.0. The van der Waals surface area contributed by atoms with Gasteiger partial charge in [0, 0.05) is 23.5 Å². The van der Waals surface area contributed by atoms with Crippen LogP contribution in [0.25, 0.3) is 6.08 Å². The van der Waals surface area contributed by atoms with Crippen molar-refractivity contribution in [2.75, 3.05) is 18.0 Å². The van der Waals surface area contributed by atoms with Crippen LogP contribution in [0.1, 0.15) is 51.0 Å². The van der Waals surface area contributed by atoms with Gasteiger partial charge in [0.25, 0.3) is 11.8 Å². The molecule has 2 aliphatic rings. The van der Waals surface area contributed by atoms with Crippen molar-refractivity contribution in [2.24, 2.45) is 5.92 Å². The Bertz CT molecular complexity index is 1620. The summed E-state index contributed by atoms with van der Waals surface area (Å²) in [7, 11) is 0. The van der Waals surface area contributed by atoms with Gasteiger partial charge in [0.15, 0.2) is 0 Å². The number of nitrogens with zero attached hydrogens (tertiary/aromatic N) is 2. The molecule has 2 amide bonds. The largest absolute Gasteiger partial charge is 0.339 e. The van der Waals surface area contributed by atoms with Crippen LogP contribution in [-0.2, 0) is 17.8 Å². The van der Waals surface area contributed by atoms with Gasteiger partial charge in [-0.2, -0.15) is 0 Å². The van der Waals surface area contributed by atoms with Crippen LogP contribution in [0.3, 0.4) is 0 Å². The molecule has 0 aromatic heterocycles. The van der Waals surface area contributed by atoms with E-state index in [1.165, 1.54) is 28.5 Å². The maximum absolute atomic E-state index is 13.8. The van der Waals surface area contributed by atoms with E-state index < -0.39 is 0 Å². The van der Waals surface area contributed by atoms with Crippen LogP contribution >= 0.6 is 11.8 Å². The Labute approximate surface area is 253 Å². The molecule has 0 bridgehead atoms. The second kappa shape index (κ2) is 12.4. The molecule has 4 nitrogen and oxygen atoms in total. The van der Waals surface area contributed by atoms with E-state index in [4.69, 9.17) is 0 Å². The van der Waals surface area contributed by atoms with E-state index in [-0.39, 0.29) is 11.8 Å². The zero-order valence-corrected chi connectivity index (χ0v) is 25.1. The number of fused-ring (bicyclic) bond motifs is 1. The van der Waals surface area contributed by atoms with E-state index in [0.29, 0.717) is 22.9 Å². The molecular formula is C37H36N2O2S. The molecule has 2 heterocycles. The number of carbonyl (C=O) groups is 2. The molecule has 2 aliphatic heterocycles. The number of thioether (sulfide) groups is 1. The van der Waals surface area contributed by atoms with E-state index in [9.17, 15) is 9.59 Å². The molecule has 1 saturated heterocycles. The van der Waals surface area contributed by atoms with Gasteiger partial charge in [-0.25, -0.2) is 0 Å². The lowest BCUT2D eigenvalue weighted by molar-refractivity contribution is -0.114. The van der Waals surface area contributed by atoms with Crippen LogP contribution in [-0.4, -0.2) is 29.8 Å². The van der Waals surface area contributed by atoms with Crippen molar-refractivity contribution in [3.63, 3.8) is 0 Å². The van der Waals surface area contributed by atoms with Crippen LogP contribution < -0.4 is 4.90 Å². The topological polar surface area (TPSA) is 40.6 Å². The summed E-state index contributed by atoms with van der Waals surface area (Å²) in [5, 5.41) is 0. The van der Waals surface area contributed by atoms with Crippen molar-refractivity contribution in [2.45, 2.75) is 44.6 Å². The standard InChI is InChI=1S/C37H36N2O2S/c1-26-12-13-27(2)32(22-26)25-39-33-10-6-7-11-34(33)42-35(37(39)41)24-29-14-16-31(17-15-29)36(40)38-20-18-30(19-21-38)23-28-8-4-3-5-9-28/h3-17,22,24,30H,18-21,23,25H2,1-2H3. The number of benzene rings is 4. The van der Waals surface area contributed by atoms with Gasteiger partial charge in [-0.3, -0.25) is 9.59 Å². The average Bonchev–Trinajstić information content (AvgIpc) is 3.02. The Morgan fingerprint density at radius 1 is 0.881 bits per heavy atom. The number of rotatable bonds is 6. The number of likely N-dealkylation sites (tertiary alicyclic amines) is 1. The number of aryl methyl sites for hydroxylation is 2. The van der Waals surface area contributed by atoms with Gasteiger partial charge in [0.05, 0.1) is 17.1 Å². The summed E-state index contributed by atoms with van der Waals surface area (Å²) < 4.78 is 0. The molecule has 4 aromatic rings. The van der Waals surface area contributed by atoms with Crippen LogP contribution in [0.5, 0.6) is 0 Å². The fourth-order valence-electron chi connectivity index (χ4n) is 5.90. The first-order valence-electron chi connectivity index (χ1n) is 14.7.